The molecule has 2 saturated carbocycles. The molecule has 2 aliphatic rings. The Bertz CT molecular complexity index is 506. The molecule has 0 bridgehead atoms. The van der Waals surface area contributed by atoms with Crippen molar-refractivity contribution in [3.05, 3.63) is 23.5 Å². The molecule has 0 N–H and O–H groups in total. The SMILES string of the molecule is C=C(C)C(=O)OC(=C(C)C(=O)OC1CCCCC1)C1CCCCC1. The minimum Gasteiger partial charge on any atom is -0.459 e. The van der Waals surface area contributed by atoms with E-state index in [2.05, 4.69) is 6.58 Å². The molecule has 134 valence electrons. The molecule has 0 amide bonds. The number of allylic oxidation sites excluding steroid dienone is 1. The number of esters is 2. The first-order valence-electron chi connectivity index (χ1n) is 9.28. The number of carbonyl (C=O) groups is 2. The summed E-state index contributed by atoms with van der Waals surface area (Å²) in [5, 5.41) is 0. The van der Waals surface area contributed by atoms with Crippen molar-refractivity contribution in [1.82, 2.24) is 0 Å². The zero-order valence-electron chi connectivity index (χ0n) is 15.1. The van der Waals surface area contributed by atoms with E-state index in [0.717, 1.165) is 51.4 Å². The second-order valence-corrected chi connectivity index (χ2v) is 7.16. The van der Waals surface area contributed by atoms with Crippen LogP contribution < -0.4 is 0 Å². The van der Waals surface area contributed by atoms with E-state index in [4.69, 9.17) is 9.47 Å². The molecule has 0 aliphatic heterocycles. The molecule has 4 nitrogen and oxygen atoms in total. The number of hydrogen-bond donors (Lipinski definition) is 0. The van der Waals surface area contributed by atoms with Crippen LogP contribution in [0.5, 0.6) is 0 Å². The van der Waals surface area contributed by atoms with Crippen LogP contribution in [0.3, 0.4) is 0 Å². The van der Waals surface area contributed by atoms with Gasteiger partial charge in [0.05, 0.1) is 5.57 Å². The zero-order valence-corrected chi connectivity index (χ0v) is 15.1. The second kappa shape index (κ2) is 9.05. The van der Waals surface area contributed by atoms with Gasteiger partial charge in [-0.05, 0) is 52.4 Å². The fourth-order valence-corrected chi connectivity index (χ4v) is 3.54. The summed E-state index contributed by atoms with van der Waals surface area (Å²) >= 11 is 0. The van der Waals surface area contributed by atoms with Gasteiger partial charge >= 0.3 is 11.9 Å². The number of ether oxygens (including phenoxy) is 2. The Labute approximate surface area is 145 Å². The average Bonchev–Trinajstić information content (AvgIpc) is 2.60. The maximum absolute atomic E-state index is 12.6. The summed E-state index contributed by atoms with van der Waals surface area (Å²) in [4.78, 5) is 24.6. The minimum atomic E-state index is -0.458. The van der Waals surface area contributed by atoms with Crippen LogP contribution in [-0.2, 0) is 19.1 Å². The molecular weight excluding hydrogens is 304 g/mol. The van der Waals surface area contributed by atoms with Crippen molar-refractivity contribution >= 4 is 11.9 Å². The van der Waals surface area contributed by atoms with Gasteiger partial charge in [0.15, 0.2) is 0 Å². The van der Waals surface area contributed by atoms with Crippen LogP contribution in [0.25, 0.3) is 0 Å². The zero-order chi connectivity index (χ0) is 17.5. The molecule has 2 fully saturated rings. The Hall–Kier alpha value is -1.58. The van der Waals surface area contributed by atoms with Crippen LogP contribution in [-0.4, -0.2) is 18.0 Å². The van der Waals surface area contributed by atoms with Crippen LogP contribution in [0.1, 0.15) is 78.1 Å². The molecule has 4 heteroatoms. The Balaban J connectivity index is 2.13. The maximum Gasteiger partial charge on any atom is 0.338 e. The van der Waals surface area contributed by atoms with E-state index in [1.54, 1.807) is 13.8 Å². The molecule has 24 heavy (non-hydrogen) atoms. The lowest BCUT2D eigenvalue weighted by molar-refractivity contribution is -0.146. The van der Waals surface area contributed by atoms with Gasteiger partial charge in [-0.15, -0.1) is 0 Å². The lowest BCUT2D eigenvalue weighted by atomic mass is 9.86. The van der Waals surface area contributed by atoms with Gasteiger partial charge in [-0.25, -0.2) is 9.59 Å². The molecule has 0 heterocycles. The molecule has 0 atom stereocenters. The van der Waals surface area contributed by atoms with Crippen molar-refractivity contribution in [1.29, 1.82) is 0 Å². The Morgan fingerprint density at radius 3 is 1.92 bits per heavy atom. The van der Waals surface area contributed by atoms with Crippen molar-refractivity contribution in [3.63, 3.8) is 0 Å². The van der Waals surface area contributed by atoms with E-state index >= 15 is 0 Å². The van der Waals surface area contributed by atoms with E-state index in [0.29, 0.717) is 16.9 Å². The highest BCUT2D eigenvalue weighted by Gasteiger charge is 2.28. The largest absolute Gasteiger partial charge is 0.459 e. The monoisotopic (exact) mass is 334 g/mol. The lowest BCUT2D eigenvalue weighted by Crippen LogP contribution is -2.24. The van der Waals surface area contributed by atoms with Crippen LogP contribution in [0.15, 0.2) is 23.5 Å². The molecule has 0 aromatic heterocycles. The van der Waals surface area contributed by atoms with Crippen LogP contribution in [0, 0.1) is 5.92 Å². The number of carbonyl (C=O) groups excluding carboxylic acids is 2. The van der Waals surface area contributed by atoms with Gasteiger partial charge in [0.25, 0.3) is 0 Å². The van der Waals surface area contributed by atoms with Crippen LogP contribution in [0.4, 0.5) is 0 Å². The summed E-state index contributed by atoms with van der Waals surface area (Å²) < 4.78 is 11.2. The van der Waals surface area contributed by atoms with Gasteiger partial charge in [0.1, 0.15) is 11.9 Å². The van der Waals surface area contributed by atoms with Gasteiger partial charge in [-0.1, -0.05) is 32.3 Å². The highest BCUT2D eigenvalue weighted by atomic mass is 16.6. The summed E-state index contributed by atoms with van der Waals surface area (Å²) in [6.07, 6.45) is 10.6. The highest BCUT2D eigenvalue weighted by Crippen LogP contribution is 2.33. The minimum absolute atomic E-state index is 0.00523. The fraction of sp³-hybridized carbons (Fsp3) is 0.700. The Morgan fingerprint density at radius 1 is 0.833 bits per heavy atom. The van der Waals surface area contributed by atoms with Gasteiger partial charge in [0, 0.05) is 11.5 Å². The molecule has 0 saturated heterocycles. The van der Waals surface area contributed by atoms with E-state index in [1.165, 1.54) is 12.8 Å². The Kier molecular flexibility index (Phi) is 7.07. The molecule has 0 spiro atoms. The summed E-state index contributed by atoms with van der Waals surface area (Å²) in [6.45, 7) is 6.98. The fourth-order valence-electron chi connectivity index (χ4n) is 3.54. The highest BCUT2D eigenvalue weighted by molar-refractivity contribution is 5.91. The van der Waals surface area contributed by atoms with Gasteiger partial charge in [-0.3, -0.25) is 0 Å². The van der Waals surface area contributed by atoms with E-state index < -0.39 is 5.97 Å². The lowest BCUT2D eigenvalue weighted by Gasteiger charge is -2.26. The maximum atomic E-state index is 12.6. The summed E-state index contributed by atoms with van der Waals surface area (Å²) in [6, 6.07) is 0. The first-order chi connectivity index (χ1) is 11.5. The van der Waals surface area contributed by atoms with Gasteiger partial charge in [-0.2, -0.15) is 0 Å². The van der Waals surface area contributed by atoms with E-state index in [1.807, 2.05) is 0 Å². The van der Waals surface area contributed by atoms with Crippen molar-refractivity contribution < 1.29 is 19.1 Å². The number of hydrogen-bond acceptors (Lipinski definition) is 4. The third kappa shape index (κ3) is 5.22. The predicted octanol–water partition coefficient (Wildman–Crippen LogP) is 4.84. The first-order valence-corrected chi connectivity index (χ1v) is 9.28. The normalized spacial score (nSPS) is 20.9. The summed E-state index contributed by atoms with van der Waals surface area (Å²) in [5.41, 5.74) is 0.791. The topological polar surface area (TPSA) is 52.6 Å². The van der Waals surface area contributed by atoms with Gasteiger partial charge in [0.2, 0.25) is 0 Å². The van der Waals surface area contributed by atoms with Crippen molar-refractivity contribution in [2.75, 3.05) is 0 Å². The van der Waals surface area contributed by atoms with E-state index in [9.17, 15) is 9.59 Å². The molecule has 0 radical (unpaired) electrons. The molecule has 2 rings (SSSR count). The van der Waals surface area contributed by atoms with Gasteiger partial charge < -0.3 is 9.47 Å². The molecule has 0 aromatic carbocycles. The first kappa shape index (κ1) is 18.8. The molecule has 0 unspecified atom stereocenters. The average molecular weight is 334 g/mol. The summed E-state index contributed by atoms with van der Waals surface area (Å²) in [7, 11) is 0. The second-order valence-electron chi connectivity index (χ2n) is 7.16. The van der Waals surface area contributed by atoms with Crippen molar-refractivity contribution in [2.24, 2.45) is 5.92 Å². The standard InChI is InChI=1S/C20H30O4/c1-14(2)19(21)24-18(16-10-6-4-7-11-16)15(3)20(22)23-17-12-8-5-9-13-17/h16-17H,1,4-13H2,2-3H3. The predicted molar refractivity (Wildman–Crippen MR) is 93.1 cm³/mol. The third-order valence-corrected chi connectivity index (χ3v) is 5.03. The Morgan fingerprint density at radius 2 is 1.38 bits per heavy atom. The van der Waals surface area contributed by atoms with Crippen LogP contribution in [0.2, 0.25) is 0 Å². The molecule has 0 aromatic rings. The smallest absolute Gasteiger partial charge is 0.338 e. The van der Waals surface area contributed by atoms with E-state index in [-0.39, 0.29) is 18.0 Å². The van der Waals surface area contributed by atoms with Crippen molar-refractivity contribution in [3.8, 4) is 0 Å². The number of rotatable bonds is 5. The third-order valence-electron chi connectivity index (χ3n) is 5.03. The summed E-state index contributed by atoms with van der Waals surface area (Å²) in [5.74, 6) is -0.165. The molecular formula is C20H30O4. The quantitative estimate of drug-likeness (QED) is 0.410. The van der Waals surface area contributed by atoms with Crippen LogP contribution >= 0.6 is 0 Å². The van der Waals surface area contributed by atoms with Crippen molar-refractivity contribution in [2.45, 2.75) is 84.2 Å². The molecule has 2 aliphatic carbocycles.